The van der Waals surface area contributed by atoms with E-state index in [4.69, 9.17) is 4.52 Å². The summed E-state index contributed by atoms with van der Waals surface area (Å²) in [7, 11) is 0. The molecule has 2 amide bonds. The fourth-order valence-electron chi connectivity index (χ4n) is 3.86. The van der Waals surface area contributed by atoms with E-state index < -0.39 is 0 Å². The molecule has 2 aromatic heterocycles. The molecule has 1 N–H and O–H groups in total. The third-order valence-electron chi connectivity index (χ3n) is 5.27. The molecule has 1 saturated heterocycles. The highest BCUT2D eigenvalue weighted by Gasteiger charge is 2.27. The van der Waals surface area contributed by atoms with Crippen LogP contribution in [0.2, 0.25) is 0 Å². The summed E-state index contributed by atoms with van der Waals surface area (Å²) in [6.07, 6.45) is 8.23. The van der Waals surface area contributed by atoms with Crippen LogP contribution in [0.4, 0.5) is 10.6 Å². The average Bonchev–Trinajstić information content (AvgIpc) is 3.36. The van der Waals surface area contributed by atoms with Gasteiger partial charge in [-0.15, -0.1) is 0 Å². The molecule has 0 radical (unpaired) electrons. The monoisotopic (exact) mass is 344 g/mol. The van der Waals surface area contributed by atoms with Crippen LogP contribution >= 0.6 is 0 Å². The molecule has 3 heterocycles. The maximum absolute atomic E-state index is 12.6. The van der Waals surface area contributed by atoms with E-state index in [9.17, 15) is 4.79 Å². The van der Waals surface area contributed by atoms with E-state index in [1.165, 1.54) is 12.8 Å². The minimum atomic E-state index is -0.0533. The lowest BCUT2D eigenvalue weighted by Crippen LogP contribution is -2.41. The largest absolute Gasteiger partial charge is 0.340 e. The molecular weight excluding hydrogens is 320 g/mol. The van der Waals surface area contributed by atoms with Crippen molar-refractivity contribution in [2.24, 2.45) is 0 Å². The third-order valence-corrected chi connectivity index (χ3v) is 5.27. The Morgan fingerprint density at radius 1 is 1.24 bits per heavy atom. The summed E-state index contributed by atoms with van der Waals surface area (Å²) in [6, 6.07) is 2.24. The number of aromatic nitrogens is 4. The highest BCUT2D eigenvalue weighted by molar-refractivity contribution is 5.88. The SMILES string of the molecule is Cc1nc(C2CCN(C(=O)Nc3ccnn3C3CCCC3)CC2)no1. The number of hydrogen-bond donors (Lipinski definition) is 1. The fraction of sp³-hybridized carbons (Fsp3) is 0.647. The van der Waals surface area contributed by atoms with Crippen molar-refractivity contribution in [3.63, 3.8) is 0 Å². The standard InChI is InChI=1S/C17H24N6O2/c1-12-19-16(21-25-12)13-7-10-22(11-8-13)17(24)20-15-6-9-18-23(15)14-4-2-3-5-14/h6,9,13-14H,2-5,7-8,10-11H2,1H3,(H,20,24). The highest BCUT2D eigenvalue weighted by atomic mass is 16.5. The van der Waals surface area contributed by atoms with Crippen LogP contribution < -0.4 is 5.32 Å². The van der Waals surface area contributed by atoms with Crippen LogP contribution in [0, 0.1) is 6.92 Å². The van der Waals surface area contributed by atoms with E-state index in [1.807, 2.05) is 15.6 Å². The molecule has 0 spiro atoms. The van der Waals surface area contributed by atoms with Crippen LogP contribution in [-0.2, 0) is 0 Å². The first kappa shape index (κ1) is 16.1. The molecule has 25 heavy (non-hydrogen) atoms. The lowest BCUT2D eigenvalue weighted by Gasteiger charge is -2.30. The molecule has 0 aromatic carbocycles. The Hall–Kier alpha value is -2.38. The predicted molar refractivity (Wildman–Crippen MR) is 91.3 cm³/mol. The Labute approximate surface area is 146 Å². The first-order valence-electron chi connectivity index (χ1n) is 9.10. The number of likely N-dealkylation sites (tertiary alicyclic amines) is 1. The fourth-order valence-corrected chi connectivity index (χ4v) is 3.86. The minimum Gasteiger partial charge on any atom is -0.340 e. The molecule has 2 aromatic rings. The van der Waals surface area contributed by atoms with Gasteiger partial charge >= 0.3 is 6.03 Å². The maximum atomic E-state index is 12.6. The first-order valence-corrected chi connectivity index (χ1v) is 9.10. The Morgan fingerprint density at radius 2 is 2.00 bits per heavy atom. The predicted octanol–water partition coefficient (Wildman–Crippen LogP) is 3.10. The van der Waals surface area contributed by atoms with Gasteiger partial charge in [-0.2, -0.15) is 10.1 Å². The second-order valence-corrected chi connectivity index (χ2v) is 6.96. The van der Waals surface area contributed by atoms with Crippen molar-refractivity contribution in [3.8, 4) is 0 Å². The highest BCUT2D eigenvalue weighted by Crippen LogP contribution is 2.31. The molecule has 4 rings (SSSR count). The van der Waals surface area contributed by atoms with Crippen LogP contribution in [-0.4, -0.2) is 43.9 Å². The summed E-state index contributed by atoms with van der Waals surface area (Å²) in [5.74, 6) is 2.42. The number of piperidine rings is 1. The van der Waals surface area contributed by atoms with Gasteiger partial charge in [-0.25, -0.2) is 9.48 Å². The van der Waals surface area contributed by atoms with Gasteiger partial charge in [0.2, 0.25) is 5.89 Å². The Kier molecular flexibility index (Phi) is 4.42. The van der Waals surface area contributed by atoms with Gasteiger partial charge in [-0.05, 0) is 25.7 Å². The molecule has 8 nitrogen and oxygen atoms in total. The molecule has 1 saturated carbocycles. The van der Waals surface area contributed by atoms with Gasteiger partial charge < -0.3 is 9.42 Å². The number of urea groups is 1. The van der Waals surface area contributed by atoms with E-state index in [0.29, 0.717) is 25.0 Å². The average molecular weight is 344 g/mol. The zero-order valence-electron chi connectivity index (χ0n) is 14.5. The molecule has 2 fully saturated rings. The summed E-state index contributed by atoms with van der Waals surface area (Å²) in [5, 5.41) is 11.4. The molecule has 0 bridgehead atoms. The Balaban J connectivity index is 1.34. The summed E-state index contributed by atoms with van der Waals surface area (Å²) >= 11 is 0. The van der Waals surface area contributed by atoms with Crippen molar-refractivity contribution in [2.75, 3.05) is 18.4 Å². The van der Waals surface area contributed by atoms with Crippen molar-refractivity contribution in [3.05, 3.63) is 24.0 Å². The van der Waals surface area contributed by atoms with E-state index >= 15 is 0 Å². The molecule has 0 unspecified atom stereocenters. The number of carbonyl (C=O) groups is 1. The van der Waals surface area contributed by atoms with Crippen LogP contribution in [0.15, 0.2) is 16.8 Å². The normalized spacial score (nSPS) is 19.5. The second kappa shape index (κ2) is 6.85. The molecule has 2 aliphatic rings. The number of aryl methyl sites for hydroxylation is 1. The van der Waals surface area contributed by atoms with Crippen molar-refractivity contribution >= 4 is 11.8 Å². The van der Waals surface area contributed by atoms with Crippen LogP contribution in [0.3, 0.4) is 0 Å². The summed E-state index contributed by atoms with van der Waals surface area (Å²) in [4.78, 5) is 18.8. The topological polar surface area (TPSA) is 89.1 Å². The minimum absolute atomic E-state index is 0.0533. The van der Waals surface area contributed by atoms with Gasteiger partial charge in [0.05, 0.1) is 12.2 Å². The molecule has 134 valence electrons. The first-order chi connectivity index (χ1) is 12.2. The molecular formula is C17H24N6O2. The zero-order valence-corrected chi connectivity index (χ0v) is 14.5. The van der Waals surface area contributed by atoms with Crippen LogP contribution in [0.5, 0.6) is 0 Å². The van der Waals surface area contributed by atoms with E-state index in [2.05, 4.69) is 20.6 Å². The number of anilines is 1. The lowest BCUT2D eigenvalue weighted by molar-refractivity contribution is 0.192. The van der Waals surface area contributed by atoms with Crippen molar-refractivity contribution in [1.29, 1.82) is 0 Å². The van der Waals surface area contributed by atoms with Gasteiger partial charge in [-0.3, -0.25) is 5.32 Å². The summed E-state index contributed by atoms with van der Waals surface area (Å²) in [6.45, 7) is 3.19. The van der Waals surface area contributed by atoms with Crippen LogP contribution in [0.25, 0.3) is 0 Å². The van der Waals surface area contributed by atoms with Crippen LogP contribution in [0.1, 0.15) is 62.2 Å². The van der Waals surface area contributed by atoms with E-state index in [1.54, 1.807) is 13.1 Å². The molecule has 8 heteroatoms. The number of carbonyl (C=O) groups excluding carboxylic acids is 1. The van der Waals surface area contributed by atoms with Crippen molar-refractivity contribution in [2.45, 2.75) is 57.4 Å². The van der Waals surface area contributed by atoms with Gasteiger partial charge in [0.25, 0.3) is 0 Å². The second-order valence-electron chi connectivity index (χ2n) is 6.96. The van der Waals surface area contributed by atoms with Gasteiger partial charge in [0.1, 0.15) is 5.82 Å². The van der Waals surface area contributed by atoms with Crippen molar-refractivity contribution in [1.82, 2.24) is 24.8 Å². The summed E-state index contributed by atoms with van der Waals surface area (Å²) < 4.78 is 7.03. The molecule has 0 atom stereocenters. The van der Waals surface area contributed by atoms with Crippen molar-refractivity contribution < 1.29 is 9.32 Å². The lowest BCUT2D eigenvalue weighted by atomic mass is 9.96. The Morgan fingerprint density at radius 3 is 2.68 bits per heavy atom. The Bertz CT molecular complexity index is 725. The number of rotatable bonds is 3. The zero-order chi connectivity index (χ0) is 17.2. The van der Waals surface area contributed by atoms with Gasteiger partial charge in [-0.1, -0.05) is 18.0 Å². The molecule has 1 aliphatic heterocycles. The summed E-state index contributed by atoms with van der Waals surface area (Å²) in [5.41, 5.74) is 0. The van der Waals surface area contributed by atoms with Gasteiger partial charge in [0.15, 0.2) is 5.82 Å². The maximum Gasteiger partial charge on any atom is 0.322 e. The quantitative estimate of drug-likeness (QED) is 0.924. The van der Waals surface area contributed by atoms with E-state index in [0.717, 1.165) is 37.3 Å². The number of hydrogen-bond acceptors (Lipinski definition) is 5. The van der Waals surface area contributed by atoms with Gasteiger partial charge in [0, 0.05) is 32.0 Å². The number of nitrogens with zero attached hydrogens (tertiary/aromatic N) is 5. The number of nitrogens with one attached hydrogen (secondary N) is 1. The smallest absolute Gasteiger partial charge is 0.322 e. The molecule has 1 aliphatic carbocycles. The third kappa shape index (κ3) is 3.38. The van der Waals surface area contributed by atoms with E-state index in [-0.39, 0.29) is 11.9 Å². The number of amides is 2.